The molecule has 2 heterocycles. The van der Waals surface area contributed by atoms with E-state index >= 15 is 0 Å². The number of hydrogen-bond donors (Lipinski definition) is 1. The van der Waals surface area contributed by atoms with Crippen molar-refractivity contribution < 1.29 is 14.6 Å². The molecule has 0 bridgehead atoms. The van der Waals surface area contributed by atoms with Crippen molar-refractivity contribution >= 4 is 11.6 Å². The van der Waals surface area contributed by atoms with Crippen LogP contribution in [0, 0.1) is 0 Å². The Morgan fingerprint density at radius 1 is 1.04 bits per heavy atom. The van der Waals surface area contributed by atoms with Gasteiger partial charge in [-0.15, -0.1) is 0 Å². The van der Waals surface area contributed by atoms with Gasteiger partial charge in [0.25, 0.3) is 0 Å². The van der Waals surface area contributed by atoms with Crippen LogP contribution < -0.4 is 4.74 Å². The zero-order valence-corrected chi connectivity index (χ0v) is 14.0. The van der Waals surface area contributed by atoms with E-state index in [0.29, 0.717) is 11.3 Å². The highest BCUT2D eigenvalue weighted by Crippen LogP contribution is 2.28. The monoisotopic (exact) mass is 345 g/mol. The Bertz CT molecular complexity index is 1090. The maximum absolute atomic E-state index is 11.7. The van der Waals surface area contributed by atoms with Gasteiger partial charge in [-0.1, -0.05) is 30.3 Å². The lowest BCUT2D eigenvalue weighted by atomic mass is 10.1. The lowest BCUT2D eigenvalue weighted by molar-refractivity contribution is 0.0687. The van der Waals surface area contributed by atoms with Crippen molar-refractivity contribution in [1.82, 2.24) is 14.6 Å². The van der Waals surface area contributed by atoms with E-state index in [4.69, 9.17) is 4.74 Å². The first-order valence-corrected chi connectivity index (χ1v) is 7.99. The smallest absolute Gasteiger partial charge is 0.354 e. The van der Waals surface area contributed by atoms with Gasteiger partial charge in [0.05, 0.1) is 19.0 Å². The van der Waals surface area contributed by atoms with Crippen LogP contribution in [-0.4, -0.2) is 32.8 Å². The highest BCUT2D eigenvalue weighted by molar-refractivity contribution is 5.90. The van der Waals surface area contributed by atoms with E-state index in [1.54, 1.807) is 13.3 Å². The summed E-state index contributed by atoms with van der Waals surface area (Å²) < 4.78 is 6.53. The molecule has 0 fully saturated rings. The van der Waals surface area contributed by atoms with Crippen LogP contribution in [0.2, 0.25) is 0 Å². The van der Waals surface area contributed by atoms with Crippen LogP contribution >= 0.6 is 0 Å². The number of fused-ring (bicyclic) bond motifs is 1. The second kappa shape index (κ2) is 6.33. The Kier molecular flexibility index (Phi) is 3.85. The number of aromatic carboxylic acids is 1. The van der Waals surface area contributed by atoms with Gasteiger partial charge < -0.3 is 9.84 Å². The maximum atomic E-state index is 11.7. The van der Waals surface area contributed by atoms with Crippen LogP contribution in [0.4, 0.5) is 0 Å². The lowest BCUT2D eigenvalue weighted by Gasteiger charge is -2.07. The van der Waals surface area contributed by atoms with E-state index in [-0.39, 0.29) is 5.69 Å². The molecular weight excluding hydrogens is 330 g/mol. The fourth-order valence-corrected chi connectivity index (χ4v) is 2.85. The minimum absolute atomic E-state index is 0.0583. The average Bonchev–Trinajstić information content (AvgIpc) is 3.12. The van der Waals surface area contributed by atoms with Crippen LogP contribution in [-0.2, 0) is 0 Å². The van der Waals surface area contributed by atoms with Gasteiger partial charge in [-0.3, -0.25) is 0 Å². The van der Waals surface area contributed by atoms with Crippen molar-refractivity contribution in [2.75, 3.05) is 7.11 Å². The molecule has 0 aliphatic rings. The molecule has 26 heavy (non-hydrogen) atoms. The lowest BCUT2D eigenvalue weighted by Crippen LogP contribution is -2.08. The first kappa shape index (κ1) is 15.8. The van der Waals surface area contributed by atoms with Crippen LogP contribution in [0.3, 0.4) is 0 Å². The summed E-state index contributed by atoms with van der Waals surface area (Å²) in [5.41, 5.74) is 3.64. The van der Waals surface area contributed by atoms with Gasteiger partial charge in [-0.05, 0) is 35.9 Å². The minimum atomic E-state index is -1.06. The summed E-state index contributed by atoms with van der Waals surface area (Å²) in [5.74, 6) is -0.336. The molecular formula is C20H15N3O3. The molecule has 0 aliphatic heterocycles. The van der Waals surface area contributed by atoms with Gasteiger partial charge in [0.15, 0.2) is 11.3 Å². The molecule has 6 heteroatoms. The number of methoxy groups -OCH3 is 1. The van der Waals surface area contributed by atoms with Crippen LogP contribution in [0.25, 0.3) is 28.0 Å². The predicted molar refractivity (Wildman–Crippen MR) is 97.4 cm³/mol. The van der Waals surface area contributed by atoms with Crippen molar-refractivity contribution in [2.24, 2.45) is 0 Å². The molecule has 1 N–H and O–H groups in total. The van der Waals surface area contributed by atoms with Gasteiger partial charge in [0.1, 0.15) is 5.75 Å². The second-order valence-electron chi connectivity index (χ2n) is 5.72. The van der Waals surface area contributed by atoms with Gasteiger partial charge in [0.2, 0.25) is 0 Å². The number of aromatic nitrogens is 3. The molecule has 2 aromatic heterocycles. The van der Waals surface area contributed by atoms with Crippen molar-refractivity contribution in [1.29, 1.82) is 0 Å². The summed E-state index contributed by atoms with van der Waals surface area (Å²) in [4.78, 5) is 16.4. The number of carboxylic acids is 1. The van der Waals surface area contributed by atoms with Crippen LogP contribution in [0.1, 0.15) is 10.5 Å². The Morgan fingerprint density at radius 2 is 1.77 bits per heavy atom. The molecule has 0 saturated carbocycles. The molecule has 0 atom stereocenters. The largest absolute Gasteiger partial charge is 0.497 e. The number of carboxylic acid groups (broad SMARTS) is 1. The zero-order chi connectivity index (χ0) is 18.1. The van der Waals surface area contributed by atoms with E-state index in [1.807, 2.05) is 54.6 Å². The summed E-state index contributed by atoms with van der Waals surface area (Å²) in [6.45, 7) is 0. The Morgan fingerprint density at radius 3 is 2.42 bits per heavy atom. The first-order chi connectivity index (χ1) is 12.7. The van der Waals surface area contributed by atoms with Gasteiger partial charge in [-0.2, -0.15) is 5.10 Å². The Balaban J connectivity index is 1.95. The topological polar surface area (TPSA) is 76.7 Å². The third-order valence-corrected chi connectivity index (χ3v) is 4.16. The molecule has 0 unspecified atom stereocenters. The summed E-state index contributed by atoms with van der Waals surface area (Å²) in [6, 6.07) is 18.5. The third kappa shape index (κ3) is 2.67. The van der Waals surface area contributed by atoms with E-state index in [9.17, 15) is 9.90 Å². The predicted octanol–water partition coefficient (Wildman–Crippen LogP) is 3.77. The zero-order valence-electron chi connectivity index (χ0n) is 14.0. The molecule has 0 radical (unpaired) electrons. The summed E-state index contributed by atoms with van der Waals surface area (Å²) in [7, 11) is 1.60. The number of hydrogen-bond acceptors (Lipinski definition) is 4. The molecule has 0 amide bonds. The Hall–Kier alpha value is -3.67. The minimum Gasteiger partial charge on any atom is -0.497 e. The molecule has 2 aromatic carbocycles. The van der Waals surface area contributed by atoms with Gasteiger partial charge >= 0.3 is 5.97 Å². The average molecular weight is 345 g/mol. The number of benzene rings is 2. The van der Waals surface area contributed by atoms with Crippen molar-refractivity contribution in [3.8, 4) is 28.1 Å². The maximum Gasteiger partial charge on any atom is 0.354 e. The van der Waals surface area contributed by atoms with Crippen molar-refractivity contribution in [2.45, 2.75) is 0 Å². The molecule has 0 aliphatic carbocycles. The van der Waals surface area contributed by atoms with Gasteiger partial charge in [-0.25, -0.2) is 14.3 Å². The second-order valence-corrected chi connectivity index (χ2v) is 5.72. The molecule has 128 valence electrons. The van der Waals surface area contributed by atoms with Gasteiger partial charge in [0, 0.05) is 11.1 Å². The fraction of sp³-hybridized carbons (Fsp3) is 0.0500. The van der Waals surface area contributed by atoms with E-state index in [0.717, 1.165) is 22.4 Å². The summed E-state index contributed by atoms with van der Waals surface area (Å²) >= 11 is 0. The number of carbonyl (C=O) groups is 1. The number of rotatable bonds is 4. The third-order valence-electron chi connectivity index (χ3n) is 4.16. The molecule has 0 spiro atoms. The Labute approximate surface area is 149 Å². The molecule has 0 saturated heterocycles. The first-order valence-electron chi connectivity index (χ1n) is 7.99. The van der Waals surface area contributed by atoms with Crippen LogP contribution in [0.5, 0.6) is 5.75 Å². The van der Waals surface area contributed by atoms with E-state index < -0.39 is 5.97 Å². The van der Waals surface area contributed by atoms with Crippen molar-refractivity contribution in [3.63, 3.8) is 0 Å². The normalized spacial score (nSPS) is 10.8. The van der Waals surface area contributed by atoms with Crippen LogP contribution in [0.15, 0.2) is 66.9 Å². The highest BCUT2D eigenvalue weighted by atomic mass is 16.5. The number of nitrogens with zero attached hydrogens (tertiary/aromatic N) is 3. The quantitative estimate of drug-likeness (QED) is 0.609. The van der Waals surface area contributed by atoms with E-state index in [1.165, 1.54) is 10.6 Å². The summed E-state index contributed by atoms with van der Waals surface area (Å²) in [6.07, 6.45) is 1.64. The SMILES string of the molecule is COc1ccc(-c2cc(C(=O)O)n3ncc(-c4ccccc4)c3n2)cc1. The standard InChI is InChI=1S/C20H15N3O3/c1-26-15-9-7-14(8-10-15)17-11-18(20(24)25)23-19(22-17)16(12-21-23)13-5-3-2-4-6-13/h2-12H,1H3,(H,24,25). The van der Waals surface area contributed by atoms with Crippen molar-refractivity contribution in [3.05, 3.63) is 72.6 Å². The molecule has 4 rings (SSSR count). The molecule has 6 nitrogen and oxygen atoms in total. The van der Waals surface area contributed by atoms with E-state index in [2.05, 4.69) is 10.1 Å². The highest BCUT2D eigenvalue weighted by Gasteiger charge is 2.17. The molecule has 4 aromatic rings. The fourth-order valence-electron chi connectivity index (χ4n) is 2.85. The number of ether oxygens (including phenoxy) is 1. The summed E-state index contributed by atoms with van der Waals surface area (Å²) in [5, 5.41) is 13.8.